The van der Waals surface area contributed by atoms with Crippen LogP contribution >= 0.6 is 0 Å². The fraction of sp³-hybridized carbons (Fsp3) is 0.588. The Hall–Kier alpha value is -1.39. The van der Waals surface area contributed by atoms with Crippen molar-refractivity contribution in [1.82, 2.24) is 5.32 Å². The highest BCUT2D eigenvalue weighted by Gasteiger charge is 2.40. The molecule has 114 valence electrons. The van der Waals surface area contributed by atoms with Gasteiger partial charge in [-0.2, -0.15) is 0 Å². The lowest BCUT2D eigenvalue weighted by atomic mass is 9.89. The van der Waals surface area contributed by atoms with Gasteiger partial charge in [-0.3, -0.25) is 4.79 Å². The van der Waals surface area contributed by atoms with E-state index in [1.165, 1.54) is 12.8 Å². The largest absolute Gasteiger partial charge is 0.375 e. The van der Waals surface area contributed by atoms with E-state index in [4.69, 9.17) is 10.5 Å². The van der Waals surface area contributed by atoms with Crippen molar-refractivity contribution in [3.05, 3.63) is 35.4 Å². The third kappa shape index (κ3) is 3.27. The van der Waals surface area contributed by atoms with Crippen molar-refractivity contribution in [3.8, 4) is 0 Å². The van der Waals surface area contributed by atoms with E-state index >= 15 is 0 Å². The van der Waals surface area contributed by atoms with Crippen LogP contribution < -0.4 is 11.1 Å². The molecule has 3 rings (SSSR count). The van der Waals surface area contributed by atoms with Crippen LogP contribution in [0.1, 0.15) is 54.4 Å². The van der Waals surface area contributed by atoms with Crippen molar-refractivity contribution in [2.75, 3.05) is 6.61 Å². The van der Waals surface area contributed by atoms with Crippen molar-refractivity contribution >= 4 is 5.91 Å². The Morgan fingerprint density at radius 1 is 1.29 bits per heavy atom. The highest BCUT2D eigenvalue weighted by Crippen LogP contribution is 2.39. The van der Waals surface area contributed by atoms with Crippen LogP contribution in [0.25, 0.3) is 0 Å². The van der Waals surface area contributed by atoms with E-state index in [-0.39, 0.29) is 17.6 Å². The summed E-state index contributed by atoms with van der Waals surface area (Å²) in [5, 5.41) is 3.17. The van der Waals surface area contributed by atoms with E-state index in [9.17, 15) is 4.79 Å². The molecule has 4 nitrogen and oxygen atoms in total. The maximum absolute atomic E-state index is 12.3. The summed E-state index contributed by atoms with van der Waals surface area (Å²) in [6.07, 6.45) is 6.66. The minimum atomic E-state index is 0.0126. The average molecular weight is 288 g/mol. The second-order valence-electron chi connectivity index (χ2n) is 6.30. The van der Waals surface area contributed by atoms with Crippen LogP contribution in [0.3, 0.4) is 0 Å². The summed E-state index contributed by atoms with van der Waals surface area (Å²) >= 11 is 0. The highest BCUT2D eigenvalue weighted by molar-refractivity contribution is 5.94. The number of nitrogens with one attached hydrogen (secondary N) is 1. The first-order valence-electron chi connectivity index (χ1n) is 7.95. The maximum atomic E-state index is 12.3. The molecule has 1 spiro atoms. The van der Waals surface area contributed by atoms with Gasteiger partial charge in [0.05, 0.1) is 5.60 Å². The molecule has 0 bridgehead atoms. The summed E-state index contributed by atoms with van der Waals surface area (Å²) in [4.78, 5) is 12.3. The molecule has 1 atom stereocenters. The van der Waals surface area contributed by atoms with Crippen LogP contribution in [0.5, 0.6) is 0 Å². The lowest BCUT2D eigenvalue weighted by Gasteiger charge is -2.38. The lowest BCUT2D eigenvalue weighted by molar-refractivity contribution is -0.0823. The van der Waals surface area contributed by atoms with Gasteiger partial charge in [0.1, 0.15) is 0 Å². The Kier molecular flexibility index (Phi) is 4.27. The van der Waals surface area contributed by atoms with Crippen molar-refractivity contribution in [1.29, 1.82) is 0 Å². The van der Waals surface area contributed by atoms with Crippen molar-refractivity contribution < 1.29 is 9.53 Å². The molecule has 2 aliphatic rings. The predicted molar refractivity (Wildman–Crippen MR) is 82.0 cm³/mol. The Labute approximate surface area is 126 Å². The van der Waals surface area contributed by atoms with Crippen molar-refractivity contribution in [2.24, 2.45) is 5.73 Å². The molecule has 1 saturated carbocycles. The number of benzene rings is 1. The van der Waals surface area contributed by atoms with Gasteiger partial charge in [-0.15, -0.1) is 0 Å². The summed E-state index contributed by atoms with van der Waals surface area (Å²) in [6.45, 7) is 1.27. The van der Waals surface area contributed by atoms with Gasteiger partial charge in [-0.1, -0.05) is 25.0 Å². The SMILES string of the molecule is NCc1ccc(C(=O)NC2CCOC3(CCCC3)C2)cc1. The van der Waals surface area contributed by atoms with E-state index in [1.807, 2.05) is 24.3 Å². The molecule has 1 aliphatic heterocycles. The molecule has 4 heteroatoms. The number of ether oxygens (including phenoxy) is 1. The fourth-order valence-electron chi connectivity index (χ4n) is 3.58. The molecular formula is C17H24N2O2. The lowest BCUT2D eigenvalue weighted by Crippen LogP contribution is -2.47. The molecule has 1 unspecified atom stereocenters. The summed E-state index contributed by atoms with van der Waals surface area (Å²) in [5.74, 6) is 0.0126. The Morgan fingerprint density at radius 3 is 2.67 bits per heavy atom. The van der Waals surface area contributed by atoms with Gasteiger partial charge in [0.2, 0.25) is 0 Å². The summed E-state index contributed by atoms with van der Waals surface area (Å²) < 4.78 is 6.01. The van der Waals surface area contributed by atoms with Crippen LogP contribution in [0.2, 0.25) is 0 Å². The van der Waals surface area contributed by atoms with Gasteiger partial charge in [0.25, 0.3) is 5.91 Å². The summed E-state index contributed by atoms with van der Waals surface area (Å²) in [7, 11) is 0. The van der Waals surface area contributed by atoms with E-state index in [0.29, 0.717) is 12.1 Å². The van der Waals surface area contributed by atoms with Crippen molar-refractivity contribution in [3.63, 3.8) is 0 Å². The molecule has 1 aromatic carbocycles. The molecule has 1 aromatic rings. The zero-order valence-corrected chi connectivity index (χ0v) is 12.4. The van der Waals surface area contributed by atoms with E-state index in [2.05, 4.69) is 5.32 Å². The quantitative estimate of drug-likeness (QED) is 0.897. The number of carbonyl (C=O) groups excluding carboxylic acids is 1. The molecule has 21 heavy (non-hydrogen) atoms. The van der Waals surface area contributed by atoms with Crippen LogP contribution in [0.15, 0.2) is 24.3 Å². The van der Waals surface area contributed by atoms with Gasteiger partial charge < -0.3 is 15.8 Å². The zero-order chi connectivity index (χ0) is 14.7. The van der Waals surface area contributed by atoms with Crippen LogP contribution in [-0.4, -0.2) is 24.2 Å². The van der Waals surface area contributed by atoms with E-state index < -0.39 is 0 Å². The van der Waals surface area contributed by atoms with Crippen LogP contribution in [0.4, 0.5) is 0 Å². The van der Waals surface area contributed by atoms with E-state index in [1.54, 1.807) is 0 Å². The third-order valence-electron chi connectivity index (χ3n) is 4.79. The van der Waals surface area contributed by atoms with Gasteiger partial charge in [-0.25, -0.2) is 0 Å². The number of hydrogen-bond donors (Lipinski definition) is 2. The number of carbonyl (C=O) groups is 1. The van der Waals surface area contributed by atoms with Gasteiger partial charge in [0.15, 0.2) is 0 Å². The molecule has 1 amide bonds. The molecule has 3 N–H and O–H groups in total. The van der Waals surface area contributed by atoms with E-state index in [0.717, 1.165) is 37.9 Å². The highest BCUT2D eigenvalue weighted by atomic mass is 16.5. The number of nitrogens with two attached hydrogens (primary N) is 1. The molecule has 1 aliphatic carbocycles. The molecule has 1 saturated heterocycles. The number of amides is 1. The van der Waals surface area contributed by atoms with Crippen molar-refractivity contribution in [2.45, 2.75) is 56.7 Å². The predicted octanol–water partition coefficient (Wildman–Crippen LogP) is 2.37. The first kappa shape index (κ1) is 14.5. The average Bonchev–Trinajstić information content (AvgIpc) is 2.95. The second kappa shape index (κ2) is 6.16. The first-order valence-corrected chi connectivity index (χ1v) is 7.95. The van der Waals surface area contributed by atoms with Crippen LogP contribution in [-0.2, 0) is 11.3 Å². The normalized spacial score (nSPS) is 24.1. The Balaban J connectivity index is 1.61. The van der Waals surface area contributed by atoms with Gasteiger partial charge >= 0.3 is 0 Å². The molecular weight excluding hydrogens is 264 g/mol. The zero-order valence-electron chi connectivity index (χ0n) is 12.4. The minimum Gasteiger partial charge on any atom is -0.375 e. The van der Waals surface area contributed by atoms with Gasteiger partial charge in [-0.05, 0) is 43.4 Å². The Bertz CT molecular complexity index is 492. The molecule has 2 fully saturated rings. The smallest absolute Gasteiger partial charge is 0.251 e. The number of rotatable bonds is 3. The maximum Gasteiger partial charge on any atom is 0.251 e. The number of hydrogen-bond acceptors (Lipinski definition) is 3. The molecule has 0 aromatic heterocycles. The van der Waals surface area contributed by atoms with Crippen LogP contribution in [0, 0.1) is 0 Å². The monoisotopic (exact) mass is 288 g/mol. The Morgan fingerprint density at radius 2 is 2.00 bits per heavy atom. The minimum absolute atomic E-state index is 0.0126. The fourth-order valence-corrected chi connectivity index (χ4v) is 3.58. The topological polar surface area (TPSA) is 64.4 Å². The second-order valence-corrected chi connectivity index (χ2v) is 6.30. The summed E-state index contributed by atoms with van der Waals surface area (Å²) in [5.41, 5.74) is 7.37. The molecule has 1 heterocycles. The summed E-state index contributed by atoms with van der Waals surface area (Å²) in [6, 6.07) is 7.76. The standard InChI is InChI=1S/C17H24N2O2/c18-12-13-3-5-14(6-4-13)16(20)19-15-7-10-21-17(11-15)8-1-2-9-17/h3-6,15H,1-2,7-12,18H2,(H,19,20). The third-order valence-corrected chi connectivity index (χ3v) is 4.79. The first-order chi connectivity index (χ1) is 10.2. The van der Waals surface area contributed by atoms with Gasteiger partial charge in [0, 0.05) is 24.8 Å². The molecule has 0 radical (unpaired) electrons.